The van der Waals surface area contributed by atoms with Gasteiger partial charge in [-0.1, -0.05) is 6.07 Å². The number of carboxylic acid groups (broad SMARTS) is 1. The van der Waals surface area contributed by atoms with Crippen molar-refractivity contribution in [3.63, 3.8) is 0 Å². The van der Waals surface area contributed by atoms with Crippen molar-refractivity contribution in [1.29, 1.82) is 0 Å². The van der Waals surface area contributed by atoms with E-state index in [4.69, 9.17) is 5.11 Å². The number of hydrogen-bond donors (Lipinski definition) is 1. The summed E-state index contributed by atoms with van der Waals surface area (Å²) in [5.74, 6) is -0.725. The van der Waals surface area contributed by atoms with Crippen LogP contribution in [0.5, 0.6) is 0 Å². The zero-order chi connectivity index (χ0) is 12.1. The second-order valence-electron chi connectivity index (χ2n) is 4.38. The van der Waals surface area contributed by atoms with Crippen LogP contribution in [-0.4, -0.2) is 53.6 Å². The van der Waals surface area contributed by atoms with E-state index in [0.717, 1.165) is 39.1 Å². The van der Waals surface area contributed by atoms with Crippen LogP contribution in [0.25, 0.3) is 0 Å². The van der Waals surface area contributed by atoms with E-state index >= 15 is 0 Å². The molecule has 5 heteroatoms. The van der Waals surface area contributed by atoms with E-state index in [2.05, 4.69) is 22.4 Å². The lowest BCUT2D eigenvalue weighted by molar-refractivity contribution is -0.138. The number of carbonyl (C=O) groups is 1. The van der Waals surface area contributed by atoms with Gasteiger partial charge in [0.1, 0.15) is 0 Å². The van der Waals surface area contributed by atoms with Crippen LogP contribution < -0.4 is 0 Å². The molecular formula is C12H18N2O2S. The van der Waals surface area contributed by atoms with E-state index in [1.54, 1.807) is 11.3 Å². The molecule has 1 saturated heterocycles. The minimum atomic E-state index is -0.725. The van der Waals surface area contributed by atoms with Crippen LogP contribution in [0.1, 0.15) is 11.3 Å². The molecule has 1 aliphatic heterocycles. The Morgan fingerprint density at radius 2 is 2.06 bits per heavy atom. The van der Waals surface area contributed by atoms with Crippen molar-refractivity contribution in [2.45, 2.75) is 13.0 Å². The largest absolute Gasteiger partial charge is 0.480 e. The highest BCUT2D eigenvalue weighted by atomic mass is 32.1. The van der Waals surface area contributed by atoms with Crippen LogP contribution in [-0.2, 0) is 11.3 Å². The highest BCUT2D eigenvalue weighted by Gasteiger charge is 2.16. The van der Waals surface area contributed by atoms with Gasteiger partial charge in [-0.25, -0.2) is 0 Å². The summed E-state index contributed by atoms with van der Waals surface area (Å²) < 4.78 is 0. The predicted molar refractivity (Wildman–Crippen MR) is 68.3 cm³/mol. The first-order valence-corrected chi connectivity index (χ1v) is 6.81. The molecule has 0 radical (unpaired) electrons. The van der Waals surface area contributed by atoms with Gasteiger partial charge in [0.05, 0.1) is 6.54 Å². The van der Waals surface area contributed by atoms with E-state index in [1.807, 2.05) is 4.90 Å². The lowest BCUT2D eigenvalue weighted by atomic mass is 10.3. The van der Waals surface area contributed by atoms with Crippen molar-refractivity contribution >= 4 is 17.3 Å². The Bertz CT molecular complexity index is 353. The maximum absolute atomic E-state index is 10.7. The quantitative estimate of drug-likeness (QED) is 0.880. The molecule has 0 unspecified atom stereocenters. The van der Waals surface area contributed by atoms with Crippen LogP contribution in [0.15, 0.2) is 17.5 Å². The summed E-state index contributed by atoms with van der Waals surface area (Å²) >= 11 is 1.79. The first-order valence-electron chi connectivity index (χ1n) is 5.93. The van der Waals surface area contributed by atoms with Gasteiger partial charge in [0.2, 0.25) is 0 Å². The van der Waals surface area contributed by atoms with E-state index < -0.39 is 5.97 Å². The van der Waals surface area contributed by atoms with Crippen LogP contribution in [0.3, 0.4) is 0 Å². The Labute approximate surface area is 105 Å². The average Bonchev–Trinajstić information content (AvgIpc) is 2.68. The van der Waals surface area contributed by atoms with Crippen LogP contribution >= 0.6 is 11.3 Å². The molecule has 2 heterocycles. The normalized spacial score (nSPS) is 19.1. The summed E-state index contributed by atoms with van der Waals surface area (Å²) in [6, 6.07) is 4.24. The molecule has 17 heavy (non-hydrogen) atoms. The molecule has 1 aliphatic rings. The van der Waals surface area contributed by atoms with Gasteiger partial charge in [-0.15, -0.1) is 11.3 Å². The third kappa shape index (κ3) is 4.11. The molecule has 0 amide bonds. The second kappa shape index (κ2) is 6.14. The maximum atomic E-state index is 10.7. The van der Waals surface area contributed by atoms with E-state index in [1.165, 1.54) is 4.88 Å². The van der Waals surface area contributed by atoms with Crippen molar-refractivity contribution in [1.82, 2.24) is 9.80 Å². The highest BCUT2D eigenvalue weighted by Crippen LogP contribution is 2.13. The lowest BCUT2D eigenvalue weighted by Crippen LogP contribution is -2.33. The van der Waals surface area contributed by atoms with Crippen molar-refractivity contribution in [3.05, 3.63) is 22.4 Å². The van der Waals surface area contributed by atoms with Crippen LogP contribution in [0.4, 0.5) is 0 Å². The number of aliphatic carboxylic acids is 1. The van der Waals surface area contributed by atoms with E-state index in [0.29, 0.717) is 0 Å². The Balaban J connectivity index is 1.81. The lowest BCUT2D eigenvalue weighted by Gasteiger charge is -2.20. The summed E-state index contributed by atoms with van der Waals surface area (Å²) in [5, 5.41) is 10.9. The SMILES string of the molecule is O=C(O)CN1CCCN(Cc2cccs2)CC1. The Kier molecular flexibility index (Phi) is 4.53. The summed E-state index contributed by atoms with van der Waals surface area (Å²) in [6.07, 6.45) is 1.05. The van der Waals surface area contributed by atoms with E-state index in [9.17, 15) is 4.79 Å². The predicted octanol–water partition coefficient (Wildman–Crippen LogP) is 1.34. The smallest absolute Gasteiger partial charge is 0.317 e. The van der Waals surface area contributed by atoms with Crippen molar-refractivity contribution in [3.8, 4) is 0 Å². The molecule has 94 valence electrons. The van der Waals surface area contributed by atoms with Crippen molar-refractivity contribution in [2.75, 3.05) is 32.7 Å². The van der Waals surface area contributed by atoms with Gasteiger partial charge >= 0.3 is 5.97 Å². The molecule has 0 aliphatic carbocycles. The second-order valence-corrected chi connectivity index (χ2v) is 5.41. The maximum Gasteiger partial charge on any atom is 0.317 e. The molecule has 0 atom stereocenters. The minimum absolute atomic E-state index is 0.173. The molecule has 1 aromatic rings. The molecule has 1 fully saturated rings. The molecule has 1 N–H and O–H groups in total. The third-order valence-corrected chi connectivity index (χ3v) is 3.86. The highest BCUT2D eigenvalue weighted by molar-refractivity contribution is 7.09. The molecule has 0 aromatic carbocycles. The van der Waals surface area contributed by atoms with Crippen LogP contribution in [0.2, 0.25) is 0 Å². The minimum Gasteiger partial charge on any atom is -0.480 e. The fourth-order valence-electron chi connectivity index (χ4n) is 2.15. The molecule has 0 spiro atoms. The summed E-state index contributed by atoms with van der Waals surface area (Å²) in [7, 11) is 0. The standard InChI is InChI=1S/C12H18N2O2S/c15-12(16)10-14-5-2-4-13(6-7-14)9-11-3-1-8-17-11/h1,3,8H,2,4-7,9-10H2,(H,15,16). The van der Waals surface area contributed by atoms with Gasteiger partial charge in [-0.3, -0.25) is 14.6 Å². The fraction of sp³-hybridized carbons (Fsp3) is 0.583. The topological polar surface area (TPSA) is 43.8 Å². The first-order chi connectivity index (χ1) is 8.24. The Morgan fingerprint density at radius 1 is 1.29 bits per heavy atom. The van der Waals surface area contributed by atoms with Crippen LogP contribution in [0, 0.1) is 0 Å². The monoisotopic (exact) mass is 254 g/mol. The zero-order valence-corrected chi connectivity index (χ0v) is 10.7. The van der Waals surface area contributed by atoms with Gasteiger partial charge in [-0.2, -0.15) is 0 Å². The number of thiophene rings is 1. The molecule has 4 nitrogen and oxygen atoms in total. The van der Waals surface area contributed by atoms with Gasteiger partial charge in [0, 0.05) is 31.1 Å². The van der Waals surface area contributed by atoms with Crippen molar-refractivity contribution < 1.29 is 9.90 Å². The number of nitrogens with zero attached hydrogens (tertiary/aromatic N) is 2. The number of hydrogen-bond acceptors (Lipinski definition) is 4. The zero-order valence-electron chi connectivity index (χ0n) is 9.84. The first kappa shape index (κ1) is 12.5. The number of rotatable bonds is 4. The van der Waals surface area contributed by atoms with Gasteiger partial charge in [0.15, 0.2) is 0 Å². The third-order valence-electron chi connectivity index (χ3n) is 3.00. The summed E-state index contributed by atoms with van der Waals surface area (Å²) in [4.78, 5) is 16.5. The number of carboxylic acids is 1. The Hall–Kier alpha value is -0.910. The van der Waals surface area contributed by atoms with E-state index in [-0.39, 0.29) is 6.54 Å². The molecule has 0 saturated carbocycles. The van der Waals surface area contributed by atoms with Crippen molar-refractivity contribution in [2.24, 2.45) is 0 Å². The molecular weight excluding hydrogens is 236 g/mol. The van der Waals surface area contributed by atoms with Gasteiger partial charge in [0.25, 0.3) is 0 Å². The summed E-state index contributed by atoms with van der Waals surface area (Å²) in [5.41, 5.74) is 0. The van der Waals surface area contributed by atoms with Gasteiger partial charge < -0.3 is 5.11 Å². The van der Waals surface area contributed by atoms with Gasteiger partial charge in [-0.05, 0) is 24.4 Å². The average molecular weight is 254 g/mol. The summed E-state index contributed by atoms with van der Waals surface area (Å²) in [6.45, 7) is 4.95. The molecule has 1 aromatic heterocycles. The molecule has 0 bridgehead atoms. The Morgan fingerprint density at radius 3 is 2.76 bits per heavy atom. The molecule has 2 rings (SSSR count). The fourth-order valence-corrected chi connectivity index (χ4v) is 2.90.